The molecule has 3 nitrogen and oxygen atoms in total. The van der Waals surface area contributed by atoms with Crippen LogP contribution in [0, 0.1) is 3.57 Å². The van der Waals surface area contributed by atoms with Crippen LogP contribution in [0.25, 0.3) is 0 Å². The summed E-state index contributed by atoms with van der Waals surface area (Å²) >= 11 is 8.31. The molecule has 6 heteroatoms. The summed E-state index contributed by atoms with van der Waals surface area (Å²) < 4.78 is 1.03. The fraction of sp³-hybridized carbons (Fsp3) is 0.462. The van der Waals surface area contributed by atoms with Gasteiger partial charge in [-0.3, -0.25) is 4.79 Å². The van der Waals surface area contributed by atoms with Crippen molar-refractivity contribution in [1.29, 1.82) is 0 Å². The summed E-state index contributed by atoms with van der Waals surface area (Å²) in [4.78, 5) is 14.3. The lowest BCUT2D eigenvalue weighted by atomic mass is 10.0. The summed E-state index contributed by atoms with van der Waals surface area (Å²) in [6, 6.07) is 5.94. The molecule has 0 aliphatic carbocycles. The molecule has 0 aromatic heterocycles. The van der Waals surface area contributed by atoms with Crippen molar-refractivity contribution < 1.29 is 4.79 Å². The molecule has 1 aromatic rings. The zero-order chi connectivity index (χ0) is 13.1. The van der Waals surface area contributed by atoms with E-state index in [4.69, 9.17) is 11.6 Å². The van der Waals surface area contributed by atoms with Gasteiger partial charge in [-0.1, -0.05) is 11.6 Å². The van der Waals surface area contributed by atoms with Gasteiger partial charge >= 0.3 is 0 Å². The predicted molar refractivity (Wildman–Crippen MR) is 89.4 cm³/mol. The fourth-order valence-electron chi connectivity index (χ4n) is 2.23. The first-order chi connectivity index (χ1) is 8.61. The van der Waals surface area contributed by atoms with E-state index in [-0.39, 0.29) is 18.3 Å². The van der Waals surface area contributed by atoms with Crippen molar-refractivity contribution in [3.63, 3.8) is 0 Å². The molecule has 1 aliphatic heterocycles. The monoisotopic (exact) mass is 414 g/mol. The van der Waals surface area contributed by atoms with E-state index in [9.17, 15) is 4.79 Å². The number of likely N-dealkylation sites (N-methyl/N-ethyl adjacent to an activating group) is 1. The normalized spacial score (nSPS) is 18.9. The molecule has 1 aliphatic rings. The van der Waals surface area contributed by atoms with Gasteiger partial charge in [0.15, 0.2) is 0 Å². The first-order valence-corrected chi connectivity index (χ1v) is 7.49. The molecular weight excluding hydrogens is 398 g/mol. The van der Waals surface area contributed by atoms with Gasteiger partial charge in [0, 0.05) is 22.7 Å². The first kappa shape index (κ1) is 17.0. The summed E-state index contributed by atoms with van der Waals surface area (Å²) in [6.07, 6.45) is 2.17. The number of likely N-dealkylation sites (tertiary alicyclic amines) is 1. The summed E-state index contributed by atoms with van der Waals surface area (Å²) in [7, 11) is 1.94. The molecule has 1 amide bonds. The maximum Gasteiger partial charge on any atom is 0.255 e. The van der Waals surface area contributed by atoms with Gasteiger partial charge in [0.25, 0.3) is 5.91 Å². The van der Waals surface area contributed by atoms with E-state index >= 15 is 0 Å². The minimum absolute atomic E-state index is 0. The quantitative estimate of drug-likeness (QED) is 0.753. The van der Waals surface area contributed by atoms with Gasteiger partial charge in [0.2, 0.25) is 0 Å². The van der Waals surface area contributed by atoms with E-state index in [1.165, 1.54) is 0 Å². The van der Waals surface area contributed by atoms with Crippen molar-refractivity contribution in [2.75, 3.05) is 20.1 Å². The number of benzene rings is 1. The standard InChI is InChI=1S/C13H16ClIN2O.ClH/c1-16-10-3-2-6-17(8-10)13(18)11-7-9(15)4-5-12(11)14;/h4-5,7,10,16H,2-3,6,8H2,1H3;1H. The van der Waals surface area contributed by atoms with Gasteiger partial charge in [-0.25, -0.2) is 0 Å². The second kappa shape index (κ2) is 7.67. The van der Waals surface area contributed by atoms with Crippen LogP contribution in [0.15, 0.2) is 18.2 Å². The number of nitrogens with one attached hydrogen (secondary N) is 1. The third kappa shape index (κ3) is 4.21. The number of carbonyl (C=O) groups excluding carboxylic acids is 1. The Balaban J connectivity index is 0.00000180. The van der Waals surface area contributed by atoms with Crippen LogP contribution in [0.4, 0.5) is 0 Å². The van der Waals surface area contributed by atoms with Crippen molar-refractivity contribution in [3.8, 4) is 0 Å². The summed E-state index contributed by atoms with van der Waals surface area (Å²) in [5.41, 5.74) is 0.611. The number of amides is 1. The van der Waals surface area contributed by atoms with E-state index in [1.807, 2.05) is 24.1 Å². The van der Waals surface area contributed by atoms with Crippen LogP contribution in [0.5, 0.6) is 0 Å². The average Bonchev–Trinajstić information content (AvgIpc) is 2.41. The van der Waals surface area contributed by atoms with Crippen molar-refractivity contribution in [3.05, 3.63) is 32.4 Å². The second-order valence-corrected chi connectivity index (χ2v) is 6.16. The predicted octanol–water partition coefficient (Wildman–Crippen LogP) is 3.19. The number of nitrogens with zero attached hydrogens (tertiary/aromatic N) is 1. The highest BCUT2D eigenvalue weighted by atomic mass is 127. The molecular formula is C13H17Cl2IN2O. The first-order valence-electron chi connectivity index (χ1n) is 6.03. The Morgan fingerprint density at radius 3 is 2.95 bits per heavy atom. The molecule has 19 heavy (non-hydrogen) atoms. The lowest BCUT2D eigenvalue weighted by molar-refractivity contribution is 0.0698. The summed E-state index contributed by atoms with van der Waals surface area (Å²) in [5.74, 6) is 0.0402. The average molecular weight is 415 g/mol. The zero-order valence-corrected chi connectivity index (χ0v) is 14.4. The molecule has 1 atom stereocenters. The number of halogens is 3. The van der Waals surface area contributed by atoms with Crippen molar-refractivity contribution >= 4 is 52.5 Å². The van der Waals surface area contributed by atoms with Crippen LogP contribution in [-0.2, 0) is 0 Å². The molecule has 0 bridgehead atoms. The molecule has 0 spiro atoms. The smallest absolute Gasteiger partial charge is 0.255 e. The second-order valence-electron chi connectivity index (χ2n) is 4.50. The van der Waals surface area contributed by atoms with Crippen molar-refractivity contribution in [1.82, 2.24) is 10.2 Å². The lowest BCUT2D eigenvalue weighted by Gasteiger charge is -2.32. The highest BCUT2D eigenvalue weighted by Gasteiger charge is 2.24. The Bertz CT molecular complexity index is 456. The maximum absolute atomic E-state index is 12.4. The Hall–Kier alpha value is -0.0400. The Morgan fingerprint density at radius 2 is 2.26 bits per heavy atom. The van der Waals surface area contributed by atoms with E-state index in [2.05, 4.69) is 27.9 Å². The third-order valence-corrected chi connectivity index (χ3v) is 4.28. The van der Waals surface area contributed by atoms with Gasteiger partial charge in [0.1, 0.15) is 0 Å². The zero-order valence-electron chi connectivity index (χ0n) is 10.7. The van der Waals surface area contributed by atoms with E-state index in [0.717, 1.165) is 29.5 Å². The Morgan fingerprint density at radius 1 is 1.53 bits per heavy atom. The molecule has 1 saturated heterocycles. The molecule has 106 valence electrons. The van der Waals surface area contributed by atoms with Gasteiger partial charge in [-0.2, -0.15) is 0 Å². The van der Waals surface area contributed by atoms with Crippen LogP contribution in [-0.4, -0.2) is 37.0 Å². The van der Waals surface area contributed by atoms with E-state index in [1.54, 1.807) is 6.07 Å². The van der Waals surface area contributed by atoms with Gasteiger partial charge in [-0.15, -0.1) is 12.4 Å². The van der Waals surface area contributed by atoms with Crippen LogP contribution >= 0.6 is 46.6 Å². The molecule has 1 aromatic carbocycles. The van der Waals surface area contributed by atoms with Crippen LogP contribution in [0.2, 0.25) is 5.02 Å². The van der Waals surface area contributed by atoms with E-state index in [0.29, 0.717) is 16.6 Å². The van der Waals surface area contributed by atoms with E-state index < -0.39 is 0 Å². The van der Waals surface area contributed by atoms with Gasteiger partial charge < -0.3 is 10.2 Å². The molecule has 1 unspecified atom stereocenters. The number of hydrogen-bond acceptors (Lipinski definition) is 2. The SMILES string of the molecule is CNC1CCCN(C(=O)c2cc(I)ccc2Cl)C1.Cl. The molecule has 0 saturated carbocycles. The molecule has 1 fully saturated rings. The molecule has 0 radical (unpaired) electrons. The number of piperidine rings is 1. The van der Waals surface area contributed by atoms with Crippen LogP contribution < -0.4 is 5.32 Å². The highest BCUT2D eigenvalue weighted by molar-refractivity contribution is 14.1. The Labute approximate surface area is 138 Å². The topological polar surface area (TPSA) is 32.3 Å². The van der Waals surface area contributed by atoms with Crippen molar-refractivity contribution in [2.45, 2.75) is 18.9 Å². The fourth-order valence-corrected chi connectivity index (χ4v) is 2.92. The molecule has 1 N–H and O–H groups in total. The third-order valence-electron chi connectivity index (χ3n) is 3.28. The van der Waals surface area contributed by atoms with Crippen LogP contribution in [0.3, 0.4) is 0 Å². The minimum Gasteiger partial charge on any atom is -0.337 e. The van der Waals surface area contributed by atoms with Gasteiger partial charge in [-0.05, 0) is 60.7 Å². The molecule has 1 heterocycles. The van der Waals surface area contributed by atoms with Crippen molar-refractivity contribution in [2.24, 2.45) is 0 Å². The van der Waals surface area contributed by atoms with Crippen LogP contribution in [0.1, 0.15) is 23.2 Å². The molecule has 2 rings (SSSR count). The number of carbonyl (C=O) groups is 1. The number of rotatable bonds is 2. The number of hydrogen-bond donors (Lipinski definition) is 1. The highest BCUT2D eigenvalue weighted by Crippen LogP contribution is 2.22. The lowest BCUT2D eigenvalue weighted by Crippen LogP contribution is -2.47. The summed E-state index contributed by atoms with van der Waals surface area (Å²) in [6.45, 7) is 1.58. The Kier molecular flexibility index (Phi) is 6.86. The summed E-state index contributed by atoms with van der Waals surface area (Å²) in [5, 5.41) is 3.77. The van der Waals surface area contributed by atoms with Gasteiger partial charge in [0.05, 0.1) is 10.6 Å². The maximum atomic E-state index is 12.4. The minimum atomic E-state index is 0. The largest absolute Gasteiger partial charge is 0.337 e.